The molecule has 1 aromatic rings. The number of carbonyl (C=O) groups excluding carboxylic acids is 1. The van der Waals surface area contributed by atoms with E-state index in [-0.39, 0.29) is 18.1 Å². The molecule has 0 bridgehead atoms. The number of ether oxygens (including phenoxy) is 1. The summed E-state index contributed by atoms with van der Waals surface area (Å²) in [6, 6.07) is 0.684. The molecule has 2 atom stereocenters. The Hall–Kier alpha value is -1.47. The summed E-state index contributed by atoms with van der Waals surface area (Å²) in [7, 11) is 0. The van der Waals surface area contributed by atoms with Crippen molar-refractivity contribution in [3.63, 3.8) is 0 Å². The van der Waals surface area contributed by atoms with Gasteiger partial charge in [0.2, 0.25) is 5.91 Å². The highest BCUT2D eigenvalue weighted by Gasteiger charge is 2.36. The molecule has 4 rings (SSSR count). The third-order valence-electron chi connectivity index (χ3n) is 4.61. The van der Waals surface area contributed by atoms with Gasteiger partial charge in [0.05, 0.1) is 30.6 Å². The summed E-state index contributed by atoms with van der Waals surface area (Å²) in [6.45, 7) is 3.30. The van der Waals surface area contributed by atoms with E-state index in [0.29, 0.717) is 19.1 Å². The Morgan fingerprint density at radius 1 is 1.43 bits per heavy atom. The van der Waals surface area contributed by atoms with Gasteiger partial charge in [-0.05, 0) is 19.3 Å². The van der Waals surface area contributed by atoms with E-state index in [1.54, 1.807) is 6.20 Å². The minimum absolute atomic E-state index is 0.181. The predicted molar refractivity (Wildman–Crippen MR) is 74.5 cm³/mol. The molecule has 1 amide bonds. The predicted octanol–water partition coefficient (Wildman–Crippen LogP) is 0.0924. The molecule has 0 spiro atoms. The first-order valence-corrected chi connectivity index (χ1v) is 7.82. The maximum Gasteiger partial charge on any atom is 0.221 e. The van der Waals surface area contributed by atoms with Crippen LogP contribution in [0.1, 0.15) is 37.4 Å². The zero-order valence-corrected chi connectivity index (χ0v) is 12.1. The van der Waals surface area contributed by atoms with E-state index in [1.807, 2.05) is 4.68 Å². The topological polar surface area (TPSA) is 72.3 Å². The molecular formula is C14H21N5O2. The highest BCUT2D eigenvalue weighted by Crippen LogP contribution is 2.29. The molecule has 114 valence electrons. The minimum Gasteiger partial charge on any atom is -0.370 e. The molecule has 7 nitrogen and oxygen atoms in total. The maximum atomic E-state index is 11.8. The second-order valence-electron chi connectivity index (χ2n) is 6.27. The van der Waals surface area contributed by atoms with Crippen molar-refractivity contribution in [3.05, 3.63) is 11.9 Å². The van der Waals surface area contributed by atoms with E-state index in [9.17, 15) is 4.79 Å². The molecule has 0 unspecified atom stereocenters. The summed E-state index contributed by atoms with van der Waals surface area (Å²) in [4.78, 5) is 14.1. The van der Waals surface area contributed by atoms with Crippen molar-refractivity contribution < 1.29 is 9.53 Å². The number of rotatable bonds is 4. The molecular weight excluding hydrogens is 270 g/mol. The van der Waals surface area contributed by atoms with Gasteiger partial charge in [0.1, 0.15) is 0 Å². The van der Waals surface area contributed by atoms with Gasteiger partial charge in [-0.15, -0.1) is 5.10 Å². The second-order valence-corrected chi connectivity index (χ2v) is 6.27. The quantitative estimate of drug-likeness (QED) is 0.851. The lowest BCUT2D eigenvalue weighted by atomic mass is 10.0. The van der Waals surface area contributed by atoms with Gasteiger partial charge in [0, 0.05) is 32.1 Å². The van der Waals surface area contributed by atoms with Gasteiger partial charge in [0.25, 0.3) is 0 Å². The molecule has 1 N–H and O–H groups in total. The van der Waals surface area contributed by atoms with E-state index >= 15 is 0 Å². The van der Waals surface area contributed by atoms with Gasteiger partial charge in [-0.3, -0.25) is 4.79 Å². The lowest BCUT2D eigenvalue weighted by Crippen LogP contribution is -2.48. The van der Waals surface area contributed by atoms with Crippen LogP contribution in [0, 0.1) is 0 Å². The Labute approximate surface area is 123 Å². The lowest BCUT2D eigenvalue weighted by Gasteiger charge is -2.40. The van der Waals surface area contributed by atoms with Crippen LogP contribution in [0.3, 0.4) is 0 Å². The van der Waals surface area contributed by atoms with Crippen LogP contribution < -0.4 is 5.32 Å². The number of carbonyl (C=O) groups is 1. The normalized spacial score (nSPS) is 28.8. The van der Waals surface area contributed by atoms with Crippen molar-refractivity contribution in [2.75, 3.05) is 19.6 Å². The molecule has 2 fully saturated rings. The third kappa shape index (κ3) is 2.80. The SMILES string of the molecule is O=C(CCN1CC[C@@H]2OCc3cnnn3[C@@H]2C1)NC1CC1. The average Bonchev–Trinajstić information content (AvgIpc) is 3.17. The zero-order chi connectivity index (χ0) is 14.2. The van der Waals surface area contributed by atoms with Crippen LogP contribution in [0.5, 0.6) is 0 Å². The molecule has 0 radical (unpaired) electrons. The van der Waals surface area contributed by atoms with Crippen molar-refractivity contribution in [1.82, 2.24) is 25.2 Å². The number of hydrogen-bond acceptors (Lipinski definition) is 5. The smallest absolute Gasteiger partial charge is 0.221 e. The molecule has 21 heavy (non-hydrogen) atoms. The van der Waals surface area contributed by atoms with E-state index in [1.165, 1.54) is 0 Å². The fourth-order valence-electron chi connectivity index (χ4n) is 3.23. The summed E-state index contributed by atoms with van der Waals surface area (Å²) in [5, 5.41) is 11.2. The number of piperidine rings is 1. The van der Waals surface area contributed by atoms with Crippen molar-refractivity contribution in [2.45, 2.75) is 50.5 Å². The van der Waals surface area contributed by atoms with E-state index < -0.39 is 0 Å². The Morgan fingerprint density at radius 3 is 3.19 bits per heavy atom. The first kappa shape index (κ1) is 13.2. The standard InChI is InChI=1S/C14H21N5O2/c20-14(16-10-1-2-10)4-6-18-5-3-13-12(8-18)19-11(9-21-13)7-15-17-19/h7,10,12-13H,1-6,8-9H2,(H,16,20)/t12-,13+/m1/s1. The Kier molecular flexibility index (Phi) is 3.39. The molecule has 2 aliphatic heterocycles. The first-order chi connectivity index (χ1) is 10.3. The number of likely N-dealkylation sites (tertiary alicyclic amines) is 1. The number of amides is 1. The second kappa shape index (κ2) is 5.38. The zero-order valence-electron chi connectivity index (χ0n) is 12.1. The van der Waals surface area contributed by atoms with Gasteiger partial charge in [-0.2, -0.15) is 0 Å². The molecule has 1 aliphatic carbocycles. The van der Waals surface area contributed by atoms with Crippen molar-refractivity contribution >= 4 is 5.91 Å². The largest absolute Gasteiger partial charge is 0.370 e. The van der Waals surface area contributed by atoms with Crippen LogP contribution in [-0.2, 0) is 16.1 Å². The van der Waals surface area contributed by atoms with Gasteiger partial charge >= 0.3 is 0 Å². The minimum atomic E-state index is 0.181. The number of fused-ring (bicyclic) bond motifs is 3. The molecule has 3 heterocycles. The Morgan fingerprint density at radius 2 is 2.33 bits per heavy atom. The van der Waals surface area contributed by atoms with Gasteiger partial charge < -0.3 is 15.0 Å². The Balaban J connectivity index is 1.34. The molecule has 1 aromatic heterocycles. The van der Waals surface area contributed by atoms with Crippen molar-refractivity contribution in [3.8, 4) is 0 Å². The van der Waals surface area contributed by atoms with Crippen LogP contribution in [0.15, 0.2) is 6.20 Å². The van der Waals surface area contributed by atoms with Crippen LogP contribution >= 0.6 is 0 Å². The monoisotopic (exact) mass is 291 g/mol. The maximum absolute atomic E-state index is 11.8. The van der Waals surface area contributed by atoms with E-state index in [0.717, 1.165) is 44.6 Å². The number of aromatic nitrogens is 3. The number of hydrogen-bond donors (Lipinski definition) is 1. The summed E-state index contributed by atoms with van der Waals surface area (Å²) in [5.41, 5.74) is 1.05. The highest BCUT2D eigenvalue weighted by molar-refractivity contribution is 5.76. The molecule has 1 saturated carbocycles. The average molecular weight is 291 g/mol. The number of nitrogens with one attached hydrogen (secondary N) is 1. The highest BCUT2D eigenvalue weighted by atomic mass is 16.5. The molecule has 7 heteroatoms. The summed E-state index contributed by atoms with van der Waals surface area (Å²) in [6.07, 6.45) is 5.87. The summed E-state index contributed by atoms with van der Waals surface area (Å²) in [5.74, 6) is 0.181. The van der Waals surface area contributed by atoms with Gasteiger partial charge in [-0.25, -0.2) is 4.68 Å². The fourth-order valence-corrected chi connectivity index (χ4v) is 3.23. The molecule has 3 aliphatic rings. The van der Waals surface area contributed by atoms with Gasteiger partial charge in [-0.1, -0.05) is 5.21 Å². The van der Waals surface area contributed by atoms with Crippen LogP contribution in [0.25, 0.3) is 0 Å². The van der Waals surface area contributed by atoms with Crippen molar-refractivity contribution in [1.29, 1.82) is 0 Å². The van der Waals surface area contributed by atoms with Gasteiger partial charge in [0.15, 0.2) is 0 Å². The van der Waals surface area contributed by atoms with Crippen LogP contribution in [0.2, 0.25) is 0 Å². The fraction of sp³-hybridized carbons (Fsp3) is 0.786. The van der Waals surface area contributed by atoms with E-state index in [2.05, 4.69) is 20.5 Å². The van der Waals surface area contributed by atoms with E-state index in [4.69, 9.17) is 4.74 Å². The summed E-state index contributed by atoms with van der Waals surface area (Å²) >= 11 is 0. The lowest BCUT2D eigenvalue weighted by molar-refractivity contribution is -0.122. The van der Waals surface area contributed by atoms with Crippen molar-refractivity contribution in [2.24, 2.45) is 0 Å². The first-order valence-electron chi connectivity index (χ1n) is 7.82. The Bertz CT molecular complexity index is 527. The summed E-state index contributed by atoms with van der Waals surface area (Å²) < 4.78 is 7.90. The third-order valence-corrected chi connectivity index (χ3v) is 4.61. The molecule has 0 aromatic carbocycles. The molecule has 1 saturated heterocycles. The van der Waals surface area contributed by atoms with Crippen LogP contribution in [-0.4, -0.2) is 57.6 Å². The van der Waals surface area contributed by atoms with Crippen LogP contribution in [0.4, 0.5) is 0 Å². The number of nitrogens with zero attached hydrogens (tertiary/aromatic N) is 4.